The maximum absolute atomic E-state index is 13.3. The summed E-state index contributed by atoms with van der Waals surface area (Å²) >= 11 is 0. The molecule has 9 N–H and O–H groups in total. The molecule has 0 fully saturated rings. The van der Waals surface area contributed by atoms with Gasteiger partial charge >= 0.3 is 5.97 Å². The van der Waals surface area contributed by atoms with Crippen molar-refractivity contribution in [3.05, 3.63) is 36.0 Å². The van der Waals surface area contributed by atoms with Crippen molar-refractivity contribution in [3.8, 4) is 0 Å². The number of hydrogen-bond donors (Lipinski definition) is 8. The third-order valence-corrected chi connectivity index (χ3v) is 5.86. The van der Waals surface area contributed by atoms with Crippen LogP contribution < -0.4 is 21.7 Å². The smallest absolute Gasteiger partial charge is 0.328 e. The van der Waals surface area contributed by atoms with Crippen LogP contribution in [0.4, 0.5) is 0 Å². The Morgan fingerprint density at radius 2 is 1.63 bits per heavy atom. The summed E-state index contributed by atoms with van der Waals surface area (Å²) in [5.74, 6) is -4.03. The maximum Gasteiger partial charge on any atom is 0.328 e. The first-order valence-corrected chi connectivity index (χ1v) is 11.3. The molecule has 0 bridgehead atoms. The van der Waals surface area contributed by atoms with Gasteiger partial charge in [-0.2, -0.15) is 0 Å². The molecule has 0 radical (unpaired) electrons. The molecule has 1 heterocycles. The van der Waals surface area contributed by atoms with Gasteiger partial charge in [0.2, 0.25) is 17.7 Å². The van der Waals surface area contributed by atoms with Gasteiger partial charge < -0.3 is 42.0 Å². The van der Waals surface area contributed by atoms with Crippen LogP contribution in [0.2, 0.25) is 0 Å². The summed E-state index contributed by atoms with van der Waals surface area (Å²) in [4.78, 5) is 52.8. The fourth-order valence-corrected chi connectivity index (χ4v) is 3.49. The van der Waals surface area contributed by atoms with E-state index in [0.717, 1.165) is 16.5 Å². The van der Waals surface area contributed by atoms with Crippen molar-refractivity contribution >= 4 is 34.6 Å². The molecule has 0 aliphatic heterocycles. The number of carboxylic acids is 1. The highest BCUT2D eigenvalue weighted by Crippen LogP contribution is 2.19. The normalized spacial score (nSPS) is 15.5. The summed E-state index contributed by atoms with van der Waals surface area (Å²) in [5.41, 5.74) is 7.17. The number of aliphatic hydroxyl groups is 2. The number of para-hydroxylation sites is 1. The Hall–Kier alpha value is -3.48. The Labute approximate surface area is 202 Å². The molecule has 35 heavy (non-hydrogen) atoms. The number of carboxylic acid groups (broad SMARTS) is 1. The Balaban J connectivity index is 2.30. The van der Waals surface area contributed by atoms with Gasteiger partial charge in [0.25, 0.3) is 0 Å². The molecule has 192 valence electrons. The fraction of sp³-hybridized carbons (Fsp3) is 0.478. The molecule has 2 aromatic rings. The number of aromatic amines is 1. The van der Waals surface area contributed by atoms with E-state index in [4.69, 9.17) is 10.8 Å². The number of rotatable bonds is 13. The Kier molecular flexibility index (Phi) is 10.2. The SMILES string of the molecule is CC[C@H](C)[C@H](NC(=O)[C@H](Cc1c[nH]c2ccccc12)NC(=O)[C@@H](N)CO)C(=O)N[C@@H](CO)C(=O)O. The van der Waals surface area contributed by atoms with Crippen LogP contribution in [0, 0.1) is 5.92 Å². The number of hydrogen-bond acceptors (Lipinski definition) is 7. The lowest BCUT2D eigenvalue weighted by Gasteiger charge is -2.27. The number of aliphatic carboxylic acids is 1. The summed E-state index contributed by atoms with van der Waals surface area (Å²) in [6.45, 7) is 2.06. The Morgan fingerprint density at radius 3 is 2.23 bits per heavy atom. The van der Waals surface area contributed by atoms with E-state index in [-0.39, 0.29) is 6.42 Å². The summed E-state index contributed by atoms with van der Waals surface area (Å²) in [5, 5.41) is 35.8. The number of amides is 3. The van der Waals surface area contributed by atoms with Gasteiger partial charge in [-0.15, -0.1) is 0 Å². The van der Waals surface area contributed by atoms with E-state index in [9.17, 15) is 29.4 Å². The van der Waals surface area contributed by atoms with E-state index in [1.165, 1.54) is 0 Å². The van der Waals surface area contributed by atoms with Crippen LogP contribution in [0.5, 0.6) is 0 Å². The van der Waals surface area contributed by atoms with Crippen LogP contribution >= 0.6 is 0 Å². The number of nitrogens with one attached hydrogen (secondary N) is 4. The number of benzene rings is 1. The molecule has 0 saturated heterocycles. The number of nitrogens with two attached hydrogens (primary N) is 1. The molecule has 12 heteroatoms. The van der Waals surface area contributed by atoms with E-state index in [2.05, 4.69) is 20.9 Å². The van der Waals surface area contributed by atoms with Crippen molar-refractivity contribution in [1.82, 2.24) is 20.9 Å². The van der Waals surface area contributed by atoms with Crippen molar-refractivity contribution in [2.75, 3.05) is 13.2 Å². The van der Waals surface area contributed by atoms with E-state index >= 15 is 0 Å². The molecule has 1 aromatic heterocycles. The molecule has 0 aliphatic rings. The number of aromatic nitrogens is 1. The van der Waals surface area contributed by atoms with Gasteiger partial charge in [-0.05, 0) is 17.5 Å². The number of aliphatic hydroxyl groups excluding tert-OH is 2. The topological polar surface area (TPSA) is 207 Å². The van der Waals surface area contributed by atoms with Gasteiger partial charge in [0, 0.05) is 23.5 Å². The Bertz CT molecular complexity index is 1040. The average molecular weight is 492 g/mol. The quantitative estimate of drug-likeness (QED) is 0.167. The first-order chi connectivity index (χ1) is 16.6. The number of fused-ring (bicyclic) bond motifs is 1. The summed E-state index contributed by atoms with van der Waals surface area (Å²) in [7, 11) is 0. The first-order valence-electron chi connectivity index (χ1n) is 11.3. The highest BCUT2D eigenvalue weighted by Gasteiger charge is 2.33. The molecular formula is C23H33N5O7. The molecular weight excluding hydrogens is 458 g/mol. The van der Waals surface area contributed by atoms with Crippen molar-refractivity contribution in [1.29, 1.82) is 0 Å². The summed E-state index contributed by atoms with van der Waals surface area (Å²) < 4.78 is 0. The lowest BCUT2D eigenvalue weighted by atomic mass is 9.96. The zero-order chi connectivity index (χ0) is 26.1. The van der Waals surface area contributed by atoms with Gasteiger partial charge in [0.1, 0.15) is 24.2 Å². The van der Waals surface area contributed by atoms with E-state index in [1.54, 1.807) is 20.0 Å². The van der Waals surface area contributed by atoms with Crippen molar-refractivity contribution < 1.29 is 34.5 Å². The molecule has 0 aliphatic carbocycles. The molecule has 0 spiro atoms. The number of H-pyrrole nitrogens is 1. The van der Waals surface area contributed by atoms with Crippen molar-refractivity contribution in [2.45, 2.75) is 50.9 Å². The van der Waals surface area contributed by atoms with Crippen LogP contribution in [-0.4, -0.2) is 81.4 Å². The average Bonchev–Trinajstić information content (AvgIpc) is 3.26. The van der Waals surface area contributed by atoms with Gasteiger partial charge in [-0.25, -0.2) is 4.79 Å². The Morgan fingerprint density at radius 1 is 0.971 bits per heavy atom. The molecule has 2 rings (SSSR count). The lowest BCUT2D eigenvalue weighted by Crippen LogP contribution is -2.59. The fourth-order valence-electron chi connectivity index (χ4n) is 3.49. The standard InChI is InChI=1S/C23H33N5O7/c1-3-12(2)19(22(33)27-18(11-30)23(34)35)28-21(32)17(26-20(31)15(24)10-29)8-13-9-25-16-7-5-4-6-14(13)16/h4-7,9,12,15,17-19,25,29-30H,3,8,10-11,24H2,1-2H3,(H,26,31)(H,27,33)(H,28,32)(H,34,35)/t12-,15-,17-,18-,19-/m0/s1. The van der Waals surface area contributed by atoms with Crippen LogP contribution in [0.1, 0.15) is 25.8 Å². The predicted octanol–water partition coefficient (Wildman–Crippen LogP) is -1.39. The highest BCUT2D eigenvalue weighted by atomic mass is 16.4. The van der Waals surface area contributed by atoms with Crippen LogP contribution in [0.25, 0.3) is 10.9 Å². The molecule has 0 saturated carbocycles. The van der Waals surface area contributed by atoms with Crippen LogP contribution in [0.3, 0.4) is 0 Å². The minimum Gasteiger partial charge on any atom is -0.480 e. The largest absolute Gasteiger partial charge is 0.480 e. The molecule has 1 aromatic carbocycles. The summed E-state index contributed by atoms with van der Waals surface area (Å²) in [6, 6.07) is 2.34. The molecule has 0 unspecified atom stereocenters. The first kappa shape index (κ1) is 27.8. The molecule has 12 nitrogen and oxygen atoms in total. The van der Waals surface area contributed by atoms with Crippen molar-refractivity contribution in [3.63, 3.8) is 0 Å². The number of carbonyl (C=O) groups is 4. The molecule has 5 atom stereocenters. The minimum atomic E-state index is -1.53. The second-order valence-electron chi connectivity index (χ2n) is 8.37. The molecule has 3 amide bonds. The van der Waals surface area contributed by atoms with Gasteiger partial charge in [0.05, 0.1) is 13.2 Å². The van der Waals surface area contributed by atoms with Gasteiger partial charge in [-0.1, -0.05) is 38.5 Å². The van der Waals surface area contributed by atoms with Crippen LogP contribution in [0.15, 0.2) is 30.5 Å². The third-order valence-electron chi connectivity index (χ3n) is 5.86. The van der Waals surface area contributed by atoms with Crippen molar-refractivity contribution in [2.24, 2.45) is 11.7 Å². The summed E-state index contributed by atoms with van der Waals surface area (Å²) in [6.07, 6.45) is 2.24. The minimum absolute atomic E-state index is 0.0585. The number of carbonyl (C=O) groups excluding carboxylic acids is 3. The van der Waals surface area contributed by atoms with E-state index in [0.29, 0.717) is 6.42 Å². The highest BCUT2D eigenvalue weighted by molar-refractivity contribution is 5.95. The van der Waals surface area contributed by atoms with E-state index in [1.807, 2.05) is 24.3 Å². The predicted molar refractivity (Wildman–Crippen MR) is 127 cm³/mol. The third kappa shape index (κ3) is 7.25. The monoisotopic (exact) mass is 491 g/mol. The maximum atomic E-state index is 13.3. The second kappa shape index (κ2) is 12.8. The van der Waals surface area contributed by atoms with Gasteiger partial charge in [0.15, 0.2) is 0 Å². The zero-order valence-electron chi connectivity index (χ0n) is 19.7. The zero-order valence-corrected chi connectivity index (χ0v) is 19.7. The second-order valence-corrected chi connectivity index (χ2v) is 8.37. The van der Waals surface area contributed by atoms with Gasteiger partial charge in [-0.3, -0.25) is 14.4 Å². The van der Waals surface area contributed by atoms with Crippen LogP contribution in [-0.2, 0) is 25.6 Å². The van der Waals surface area contributed by atoms with E-state index < -0.39 is 67.0 Å². The lowest BCUT2D eigenvalue weighted by molar-refractivity contribution is -0.143.